The van der Waals surface area contributed by atoms with Crippen molar-refractivity contribution in [1.29, 1.82) is 0 Å². The number of carbonyl (C=O) groups excluding carboxylic acids is 2. The molecule has 0 radical (unpaired) electrons. The van der Waals surface area contributed by atoms with Crippen LogP contribution in [-0.4, -0.2) is 63.0 Å². The second kappa shape index (κ2) is 10.8. The van der Waals surface area contributed by atoms with Gasteiger partial charge in [0.25, 0.3) is 0 Å². The Morgan fingerprint density at radius 2 is 1.76 bits per heavy atom. The molecule has 2 saturated heterocycles. The van der Waals surface area contributed by atoms with Gasteiger partial charge >= 0.3 is 6.15 Å². The number of fused-ring (bicyclic) bond motifs is 1. The number of hydrogen-bond donors (Lipinski definition) is 0. The van der Waals surface area contributed by atoms with Crippen LogP contribution in [0.25, 0.3) is 11.2 Å². The van der Waals surface area contributed by atoms with Crippen molar-refractivity contribution in [3.05, 3.63) is 45.7 Å². The molecule has 0 N–H and O–H groups in total. The molecule has 5 rings (SSSR count). The Bertz CT molecular complexity index is 1180. The molecule has 0 amide bonds. The van der Waals surface area contributed by atoms with E-state index in [0.717, 1.165) is 47.4 Å². The lowest BCUT2D eigenvalue weighted by molar-refractivity contribution is -0.191. The Morgan fingerprint density at radius 3 is 2.41 bits per heavy atom. The van der Waals surface area contributed by atoms with Crippen LogP contribution in [0.4, 0.5) is 5.82 Å². The first-order valence-corrected chi connectivity index (χ1v) is 12.3. The predicted molar refractivity (Wildman–Crippen MR) is 131 cm³/mol. The minimum atomic E-state index is -0.0774. The predicted octanol–water partition coefficient (Wildman–Crippen LogP) is 4.53. The number of anilines is 1. The van der Waals surface area contributed by atoms with Crippen LogP contribution in [0.1, 0.15) is 49.9 Å². The summed E-state index contributed by atoms with van der Waals surface area (Å²) in [7, 11) is 0. The minimum Gasteiger partial charge on any atom is -0.355 e. The van der Waals surface area contributed by atoms with E-state index in [0.29, 0.717) is 10.0 Å². The van der Waals surface area contributed by atoms with E-state index >= 15 is 0 Å². The molecule has 0 saturated carbocycles. The van der Waals surface area contributed by atoms with Gasteiger partial charge in [0, 0.05) is 29.2 Å². The van der Waals surface area contributed by atoms with E-state index in [-0.39, 0.29) is 12.2 Å². The van der Waals surface area contributed by atoms with Crippen molar-refractivity contribution >= 4 is 46.3 Å². The van der Waals surface area contributed by atoms with Crippen LogP contribution in [0.3, 0.4) is 0 Å². The normalized spacial score (nSPS) is 17.9. The van der Waals surface area contributed by atoms with Gasteiger partial charge in [0.1, 0.15) is 11.3 Å². The molecule has 1 atom stereocenters. The van der Waals surface area contributed by atoms with E-state index in [1.54, 1.807) is 6.07 Å². The highest BCUT2D eigenvalue weighted by atomic mass is 35.5. The van der Waals surface area contributed by atoms with Gasteiger partial charge in [0.05, 0.1) is 17.9 Å². The highest BCUT2D eigenvalue weighted by Crippen LogP contribution is 2.31. The van der Waals surface area contributed by atoms with Gasteiger partial charge in [-0.05, 0) is 70.3 Å². The van der Waals surface area contributed by atoms with Crippen molar-refractivity contribution in [3.63, 3.8) is 0 Å². The minimum absolute atomic E-state index is 0.0774. The van der Waals surface area contributed by atoms with Crippen molar-refractivity contribution in [2.45, 2.75) is 51.6 Å². The number of benzene rings is 1. The summed E-state index contributed by atoms with van der Waals surface area (Å²) >= 11 is 12.6. The van der Waals surface area contributed by atoms with Crippen molar-refractivity contribution in [2.75, 3.05) is 31.1 Å². The number of nitrogens with zero attached hydrogens (tertiary/aromatic N) is 6. The molecule has 10 heteroatoms. The number of aryl methyl sites for hydroxylation is 1. The average Bonchev–Trinajstić information content (AvgIpc) is 3.48. The second-order valence-electron chi connectivity index (χ2n) is 8.82. The van der Waals surface area contributed by atoms with Gasteiger partial charge in [0.2, 0.25) is 0 Å². The summed E-state index contributed by atoms with van der Waals surface area (Å²) in [5.41, 5.74) is 3.48. The van der Waals surface area contributed by atoms with Gasteiger partial charge in [-0.15, -0.1) is 0 Å². The maximum absolute atomic E-state index is 8.12. The Morgan fingerprint density at radius 1 is 1.09 bits per heavy atom. The van der Waals surface area contributed by atoms with Crippen LogP contribution >= 0.6 is 23.2 Å². The Labute approximate surface area is 208 Å². The standard InChI is InChI=1S/C23H28Cl2N6.CO2/c1-15-22-23(31(28-15)16(2)19-6-5-17(24)13-20(19)25)27-21(14-26-22)30-11-7-18(8-12-30)29-9-3-4-10-29;2-1-3/h5-6,13-14,16,18H,3-4,7-12H2,1-2H3;. The Hall–Kier alpha value is -2.51. The summed E-state index contributed by atoms with van der Waals surface area (Å²) in [5.74, 6) is 0.933. The van der Waals surface area contributed by atoms with Gasteiger partial charge in [-0.25, -0.2) is 14.6 Å². The number of rotatable bonds is 4. The molecule has 34 heavy (non-hydrogen) atoms. The van der Waals surface area contributed by atoms with Crippen LogP contribution in [0.5, 0.6) is 0 Å². The maximum atomic E-state index is 8.12. The summed E-state index contributed by atoms with van der Waals surface area (Å²) in [6.45, 7) is 8.63. The number of halogens is 2. The third kappa shape index (κ3) is 5.10. The molecule has 2 aliphatic heterocycles. The number of hydrogen-bond acceptors (Lipinski definition) is 7. The fourth-order valence-corrected chi connectivity index (χ4v) is 5.57. The molecule has 2 aromatic heterocycles. The quantitative estimate of drug-likeness (QED) is 0.517. The van der Waals surface area contributed by atoms with Gasteiger partial charge < -0.3 is 9.80 Å². The molecule has 2 aliphatic rings. The zero-order valence-corrected chi connectivity index (χ0v) is 20.9. The highest BCUT2D eigenvalue weighted by Gasteiger charge is 2.27. The molecule has 0 spiro atoms. The maximum Gasteiger partial charge on any atom is 0.373 e. The summed E-state index contributed by atoms with van der Waals surface area (Å²) in [5, 5.41) is 6.02. The number of piperidine rings is 1. The van der Waals surface area contributed by atoms with E-state index in [1.807, 2.05) is 29.9 Å². The third-order valence-electron chi connectivity index (χ3n) is 6.78. The first kappa shape index (κ1) is 24.6. The SMILES string of the molecule is Cc1nn(C(C)c2ccc(Cl)cc2Cl)c2nc(N3CCC(N4CCCC4)CC3)cnc12.O=C=O. The summed E-state index contributed by atoms with van der Waals surface area (Å²) in [6, 6.07) is 6.23. The highest BCUT2D eigenvalue weighted by molar-refractivity contribution is 6.35. The van der Waals surface area contributed by atoms with Crippen molar-refractivity contribution in [1.82, 2.24) is 24.6 Å². The van der Waals surface area contributed by atoms with Gasteiger partial charge in [-0.1, -0.05) is 29.3 Å². The van der Waals surface area contributed by atoms with E-state index in [9.17, 15) is 0 Å². The van der Waals surface area contributed by atoms with Crippen LogP contribution in [0, 0.1) is 6.92 Å². The molecule has 1 aromatic carbocycles. The largest absolute Gasteiger partial charge is 0.373 e. The fourth-order valence-electron chi connectivity index (χ4n) is 5.00. The second-order valence-corrected chi connectivity index (χ2v) is 9.66. The molecule has 0 bridgehead atoms. The Balaban J connectivity index is 0.000000868. The smallest absolute Gasteiger partial charge is 0.355 e. The zero-order valence-electron chi connectivity index (χ0n) is 19.4. The monoisotopic (exact) mass is 502 g/mol. The Kier molecular flexibility index (Phi) is 7.84. The fraction of sp³-hybridized carbons (Fsp3) is 0.500. The van der Waals surface area contributed by atoms with Crippen molar-refractivity contribution in [3.8, 4) is 0 Å². The lowest BCUT2D eigenvalue weighted by Crippen LogP contribution is -2.44. The van der Waals surface area contributed by atoms with Crippen LogP contribution in [0.15, 0.2) is 24.4 Å². The molecule has 3 aromatic rings. The molecule has 4 heterocycles. The summed E-state index contributed by atoms with van der Waals surface area (Å²) in [4.78, 5) is 31.0. The summed E-state index contributed by atoms with van der Waals surface area (Å²) in [6.07, 6.45) is 7.23. The first-order chi connectivity index (χ1) is 16.4. The van der Waals surface area contributed by atoms with Crippen molar-refractivity contribution in [2.24, 2.45) is 0 Å². The van der Waals surface area contributed by atoms with Crippen molar-refractivity contribution < 1.29 is 9.59 Å². The molecule has 8 nitrogen and oxygen atoms in total. The number of likely N-dealkylation sites (tertiary alicyclic amines) is 1. The lowest BCUT2D eigenvalue weighted by atomic mass is 10.0. The molecular weight excluding hydrogens is 475 g/mol. The van der Waals surface area contributed by atoms with Crippen LogP contribution < -0.4 is 4.90 Å². The van der Waals surface area contributed by atoms with Gasteiger partial charge in [-0.2, -0.15) is 14.7 Å². The topological polar surface area (TPSA) is 84.2 Å². The van der Waals surface area contributed by atoms with Crippen LogP contribution in [-0.2, 0) is 9.59 Å². The molecule has 0 aliphatic carbocycles. The van der Waals surface area contributed by atoms with E-state index < -0.39 is 0 Å². The summed E-state index contributed by atoms with van der Waals surface area (Å²) < 4.78 is 1.94. The molecule has 1 unspecified atom stereocenters. The van der Waals surface area contributed by atoms with Gasteiger partial charge in [0.15, 0.2) is 5.65 Å². The molecule has 180 valence electrons. The molecular formula is C24H28Cl2N6O2. The lowest BCUT2D eigenvalue weighted by Gasteiger charge is -2.37. The van der Waals surface area contributed by atoms with E-state index in [2.05, 4.69) is 16.7 Å². The third-order valence-corrected chi connectivity index (χ3v) is 7.35. The number of aromatic nitrogens is 4. The average molecular weight is 503 g/mol. The van der Waals surface area contributed by atoms with Crippen LogP contribution in [0.2, 0.25) is 10.0 Å². The van der Waals surface area contributed by atoms with E-state index in [1.165, 1.54) is 38.8 Å². The zero-order chi connectivity index (χ0) is 24.2. The van der Waals surface area contributed by atoms with E-state index in [4.69, 9.17) is 47.9 Å². The molecule has 2 fully saturated rings. The first-order valence-electron chi connectivity index (χ1n) is 11.6. The van der Waals surface area contributed by atoms with Gasteiger partial charge in [-0.3, -0.25) is 0 Å².